The number of hydrogen-bond donors (Lipinski definition) is 1. The van der Waals surface area contributed by atoms with Gasteiger partial charge in [-0.15, -0.1) is 0 Å². The number of aryl methyl sites for hydroxylation is 2. The number of nitrogens with one attached hydrogen (secondary N) is 1. The molecule has 1 amide bonds. The molecule has 160 valence electrons. The van der Waals surface area contributed by atoms with E-state index in [0.29, 0.717) is 43.9 Å². The van der Waals surface area contributed by atoms with Gasteiger partial charge in [0.1, 0.15) is 11.5 Å². The molecular formula is C22H27N3O4S. The fourth-order valence-electron chi connectivity index (χ4n) is 3.88. The van der Waals surface area contributed by atoms with Crippen molar-refractivity contribution in [1.29, 1.82) is 0 Å². The first-order valence-corrected chi connectivity index (χ1v) is 11.8. The lowest BCUT2D eigenvalue weighted by Gasteiger charge is -2.15. The Morgan fingerprint density at radius 2 is 1.93 bits per heavy atom. The van der Waals surface area contributed by atoms with Crippen molar-refractivity contribution >= 4 is 26.8 Å². The molecule has 1 fully saturated rings. The third kappa shape index (κ3) is 4.44. The van der Waals surface area contributed by atoms with E-state index in [1.165, 1.54) is 0 Å². The van der Waals surface area contributed by atoms with Crippen LogP contribution in [0.3, 0.4) is 0 Å². The number of hydrogen-bond acceptors (Lipinski definition) is 4. The molecule has 0 atom stereocenters. The fraction of sp³-hybridized carbons (Fsp3) is 0.409. The molecule has 0 saturated carbocycles. The number of amides is 1. The molecule has 0 aliphatic carbocycles. The molecule has 0 spiro atoms. The lowest BCUT2D eigenvalue weighted by atomic mass is 10.2. The highest BCUT2D eigenvalue weighted by molar-refractivity contribution is 7.89. The smallest absolute Gasteiger partial charge is 0.243 e. The molecule has 4 rings (SSSR count). The maximum Gasteiger partial charge on any atom is 0.243 e. The van der Waals surface area contributed by atoms with Crippen molar-refractivity contribution in [3.8, 4) is 0 Å². The van der Waals surface area contributed by atoms with Crippen LogP contribution in [-0.4, -0.2) is 36.3 Å². The number of carbonyl (C=O) groups excluding carboxylic acids is 1. The third-order valence-corrected chi connectivity index (χ3v) is 7.40. The van der Waals surface area contributed by atoms with Gasteiger partial charge in [-0.1, -0.05) is 0 Å². The quantitative estimate of drug-likeness (QED) is 0.595. The number of nitrogens with zero attached hydrogens (tertiary/aromatic N) is 2. The second-order valence-corrected chi connectivity index (χ2v) is 9.67. The Balaban J connectivity index is 1.34. The van der Waals surface area contributed by atoms with Crippen LogP contribution in [0.15, 0.2) is 51.9 Å². The molecule has 1 N–H and O–H groups in total. The largest absolute Gasteiger partial charge is 0.465 e. The predicted octanol–water partition coefficient (Wildman–Crippen LogP) is 3.42. The average Bonchev–Trinajstić information content (AvgIpc) is 3.47. The first-order valence-electron chi connectivity index (χ1n) is 10.3. The normalized spacial score (nSPS) is 15.1. The van der Waals surface area contributed by atoms with E-state index in [9.17, 15) is 13.2 Å². The standard InChI is InChI=1S/C22H27N3O4S/c1-17-6-7-19(29-17)16-23-22(26)5-4-11-24-14-10-18-15-20(8-9-21(18)24)30(27,28)25-12-2-3-13-25/h6-10,14-15H,2-5,11-13,16H2,1H3,(H,23,26). The summed E-state index contributed by atoms with van der Waals surface area (Å²) in [6.07, 6.45) is 4.90. The topological polar surface area (TPSA) is 84.5 Å². The van der Waals surface area contributed by atoms with E-state index in [4.69, 9.17) is 4.42 Å². The summed E-state index contributed by atoms with van der Waals surface area (Å²) in [5.74, 6) is 1.56. The molecule has 8 heteroatoms. The maximum absolute atomic E-state index is 12.8. The van der Waals surface area contributed by atoms with Crippen LogP contribution in [0.25, 0.3) is 10.9 Å². The lowest BCUT2D eigenvalue weighted by Crippen LogP contribution is -2.27. The van der Waals surface area contributed by atoms with Gasteiger partial charge in [-0.05, 0) is 62.6 Å². The summed E-state index contributed by atoms with van der Waals surface area (Å²) in [6, 6.07) is 11.0. The molecule has 0 radical (unpaired) electrons. The summed E-state index contributed by atoms with van der Waals surface area (Å²) in [5.41, 5.74) is 0.974. The van der Waals surface area contributed by atoms with Gasteiger partial charge in [0.15, 0.2) is 0 Å². The maximum atomic E-state index is 12.8. The number of benzene rings is 1. The zero-order valence-corrected chi connectivity index (χ0v) is 18.0. The van der Waals surface area contributed by atoms with Gasteiger partial charge in [0.2, 0.25) is 15.9 Å². The van der Waals surface area contributed by atoms with Crippen molar-refractivity contribution in [3.05, 3.63) is 54.1 Å². The molecule has 7 nitrogen and oxygen atoms in total. The molecule has 1 saturated heterocycles. The van der Waals surface area contributed by atoms with Gasteiger partial charge in [0.25, 0.3) is 0 Å². The molecule has 3 aromatic rings. The lowest BCUT2D eigenvalue weighted by molar-refractivity contribution is -0.121. The number of fused-ring (bicyclic) bond motifs is 1. The van der Waals surface area contributed by atoms with Crippen LogP contribution in [0.5, 0.6) is 0 Å². The number of carbonyl (C=O) groups is 1. The highest BCUT2D eigenvalue weighted by atomic mass is 32.2. The second-order valence-electron chi connectivity index (χ2n) is 7.73. The summed E-state index contributed by atoms with van der Waals surface area (Å²) in [4.78, 5) is 12.4. The Kier molecular flexibility index (Phi) is 5.97. The Morgan fingerprint density at radius 1 is 1.13 bits per heavy atom. The molecule has 1 aliphatic heterocycles. The van der Waals surface area contributed by atoms with Crippen molar-refractivity contribution < 1.29 is 17.6 Å². The summed E-state index contributed by atoms with van der Waals surface area (Å²) in [5, 5.41) is 3.76. The highest BCUT2D eigenvalue weighted by Crippen LogP contribution is 2.25. The minimum absolute atomic E-state index is 0.0143. The fourth-order valence-corrected chi connectivity index (χ4v) is 5.43. The van der Waals surface area contributed by atoms with Crippen LogP contribution in [-0.2, 0) is 27.9 Å². The second kappa shape index (κ2) is 8.65. The van der Waals surface area contributed by atoms with Crippen molar-refractivity contribution in [2.45, 2.75) is 50.6 Å². The van der Waals surface area contributed by atoms with E-state index < -0.39 is 10.0 Å². The van der Waals surface area contributed by atoms with E-state index in [-0.39, 0.29) is 5.91 Å². The van der Waals surface area contributed by atoms with Gasteiger partial charge < -0.3 is 14.3 Å². The van der Waals surface area contributed by atoms with E-state index in [0.717, 1.165) is 35.3 Å². The monoisotopic (exact) mass is 429 g/mol. The van der Waals surface area contributed by atoms with Crippen LogP contribution in [0.1, 0.15) is 37.2 Å². The van der Waals surface area contributed by atoms with Crippen LogP contribution in [0.4, 0.5) is 0 Å². The van der Waals surface area contributed by atoms with Crippen molar-refractivity contribution in [3.63, 3.8) is 0 Å². The Bertz CT molecular complexity index is 1140. The number of furan rings is 1. The first-order chi connectivity index (χ1) is 14.4. The van der Waals surface area contributed by atoms with Gasteiger partial charge in [-0.3, -0.25) is 4.79 Å². The van der Waals surface area contributed by atoms with Crippen LogP contribution in [0.2, 0.25) is 0 Å². The van der Waals surface area contributed by atoms with Crippen LogP contribution in [0, 0.1) is 6.92 Å². The van der Waals surface area contributed by atoms with E-state index in [2.05, 4.69) is 9.88 Å². The molecule has 1 aromatic carbocycles. The van der Waals surface area contributed by atoms with Gasteiger partial charge >= 0.3 is 0 Å². The van der Waals surface area contributed by atoms with Crippen molar-refractivity contribution in [1.82, 2.24) is 14.2 Å². The van der Waals surface area contributed by atoms with E-state index >= 15 is 0 Å². The molecule has 0 unspecified atom stereocenters. The molecule has 3 heterocycles. The molecular weight excluding hydrogens is 402 g/mol. The molecule has 1 aliphatic rings. The van der Waals surface area contributed by atoms with E-state index in [1.54, 1.807) is 16.4 Å². The average molecular weight is 430 g/mol. The third-order valence-electron chi connectivity index (χ3n) is 5.50. The van der Waals surface area contributed by atoms with Crippen LogP contribution >= 0.6 is 0 Å². The van der Waals surface area contributed by atoms with E-state index in [1.807, 2.05) is 37.4 Å². The molecule has 30 heavy (non-hydrogen) atoms. The summed E-state index contributed by atoms with van der Waals surface area (Å²) in [6.45, 7) is 4.16. The number of aromatic nitrogens is 1. The Hall–Kier alpha value is -2.58. The zero-order chi connectivity index (χ0) is 21.1. The van der Waals surface area contributed by atoms with Gasteiger partial charge in [0, 0.05) is 43.2 Å². The summed E-state index contributed by atoms with van der Waals surface area (Å²) >= 11 is 0. The Morgan fingerprint density at radius 3 is 2.67 bits per heavy atom. The number of sulfonamides is 1. The summed E-state index contributed by atoms with van der Waals surface area (Å²) in [7, 11) is -3.41. The minimum atomic E-state index is -3.41. The number of rotatable bonds is 8. The van der Waals surface area contributed by atoms with Crippen LogP contribution < -0.4 is 5.32 Å². The molecule has 2 aromatic heterocycles. The summed E-state index contributed by atoms with van der Waals surface area (Å²) < 4.78 is 34.6. The van der Waals surface area contributed by atoms with Gasteiger partial charge in [0.05, 0.1) is 11.4 Å². The Labute approximate surface area is 176 Å². The zero-order valence-electron chi connectivity index (χ0n) is 17.1. The minimum Gasteiger partial charge on any atom is -0.465 e. The predicted molar refractivity (Wildman–Crippen MR) is 114 cm³/mol. The molecule has 0 bridgehead atoms. The van der Waals surface area contributed by atoms with Crippen molar-refractivity contribution in [2.24, 2.45) is 0 Å². The van der Waals surface area contributed by atoms with Gasteiger partial charge in [-0.25, -0.2) is 8.42 Å². The first kappa shape index (κ1) is 20.7. The SMILES string of the molecule is Cc1ccc(CNC(=O)CCCn2ccc3cc(S(=O)(=O)N4CCCC4)ccc32)o1. The highest BCUT2D eigenvalue weighted by Gasteiger charge is 2.27. The van der Waals surface area contributed by atoms with Crippen molar-refractivity contribution in [2.75, 3.05) is 13.1 Å². The van der Waals surface area contributed by atoms with Gasteiger partial charge in [-0.2, -0.15) is 4.31 Å².